The SMILES string of the molecule is CC12CC3CC(C)(C1)CC(NC(=O)Nc1ccc(CN4CCC(C(=O)O)CC4)cc1F)(C3)C2. The van der Waals surface area contributed by atoms with Crippen LogP contribution < -0.4 is 10.6 Å². The van der Waals surface area contributed by atoms with Crippen LogP contribution in [-0.4, -0.2) is 40.6 Å². The van der Waals surface area contributed by atoms with Crippen LogP contribution in [-0.2, 0) is 11.3 Å². The number of nitrogens with zero attached hydrogens (tertiary/aromatic N) is 1. The molecule has 5 fully saturated rings. The van der Waals surface area contributed by atoms with Crippen LogP contribution in [0.15, 0.2) is 18.2 Å². The maximum atomic E-state index is 14.8. The molecule has 6 nitrogen and oxygen atoms in total. The van der Waals surface area contributed by atoms with Crippen LogP contribution in [0.25, 0.3) is 0 Å². The molecule has 4 bridgehead atoms. The molecule has 0 radical (unpaired) electrons. The summed E-state index contributed by atoms with van der Waals surface area (Å²) in [6.07, 6.45) is 8.07. The topological polar surface area (TPSA) is 81.7 Å². The number of piperidine rings is 1. The van der Waals surface area contributed by atoms with Crippen molar-refractivity contribution in [1.29, 1.82) is 0 Å². The zero-order valence-corrected chi connectivity index (χ0v) is 19.8. The average molecular weight is 458 g/mol. The lowest BCUT2D eigenvalue weighted by Gasteiger charge is -2.65. The van der Waals surface area contributed by atoms with E-state index < -0.39 is 11.8 Å². The van der Waals surface area contributed by atoms with Crippen molar-refractivity contribution in [2.75, 3.05) is 18.4 Å². The number of hydrogen-bond acceptors (Lipinski definition) is 3. The number of likely N-dealkylation sites (tertiary alicyclic amines) is 1. The Morgan fingerprint density at radius 3 is 2.33 bits per heavy atom. The first-order chi connectivity index (χ1) is 15.5. The first-order valence-electron chi connectivity index (χ1n) is 12.4. The number of anilines is 1. The fourth-order valence-corrected chi connectivity index (χ4v) is 8.34. The van der Waals surface area contributed by atoms with Gasteiger partial charge in [0, 0.05) is 12.1 Å². The van der Waals surface area contributed by atoms with E-state index in [0.29, 0.717) is 49.2 Å². The van der Waals surface area contributed by atoms with E-state index >= 15 is 0 Å². The molecule has 0 spiro atoms. The van der Waals surface area contributed by atoms with Crippen molar-refractivity contribution in [2.45, 2.75) is 77.3 Å². The van der Waals surface area contributed by atoms with Gasteiger partial charge in [-0.15, -0.1) is 0 Å². The summed E-state index contributed by atoms with van der Waals surface area (Å²) in [5.74, 6) is -0.769. The molecule has 2 atom stereocenters. The number of nitrogens with one attached hydrogen (secondary N) is 2. The molecule has 1 heterocycles. The molecule has 6 rings (SSSR count). The van der Waals surface area contributed by atoms with Crippen molar-refractivity contribution in [3.05, 3.63) is 29.6 Å². The van der Waals surface area contributed by atoms with Gasteiger partial charge < -0.3 is 15.7 Å². The molecule has 1 aromatic carbocycles. The Morgan fingerprint density at radius 2 is 1.76 bits per heavy atom. The highest BCUT2D eigenvalue weighted by Crippen LogP contribution is 2.66. The second kappa shape index (κ2) is 7.97. The quantitative estimate of drug-likeness (QED) is 0.582. The number of halogens is 1. The number of carboxylic acid groups (broad SMARTS) is 1. The van der Waals surface area contributed by atoms with Crippen LogP contribution in [0, 0.1) is 28.5 Å². The summed E-state index contributed by atoms with van der Waals surface area (Å²) in [4.78, 5) is 26.2. The lowest BCUT2D eigenvalue weighted by molar-refractivity contribution is -0.143. The molecular formula is C26H36FN3O3. The Labute approximate surface area is 195 Å². The van der Waals surface area contributed by atoms with E-state index in [1.165, 1.54) is 25.3 Å². The van der Waals surface area contributed by atoms with Crippen molar-refractivity contribution in [3.63, 3.8) is 0 Å². The summed E-state index contributed by atoms with van der Waals surface area (Å²) < 4.78 is 14.8. The third-order valence-electron chi connectivity index (χ3n) is 8.63. The van der Waals surface area contributed by atoms with Crippen LogP contribution in [0.3, 0.4) is 0 Å². The predicted octanol–water partition coefficient (Wildman–Crippen LogP) is 4.99. The van der Waals surface area contributed by atoms with Gasteiger partial charge in [0.1, 0.15) is 5.82 Å². The van der Waals surface area contributed by atoms with Gasteiger partial charge in [-0.05, 0) is 98.9 Å². The number of amides is 2. The minimum atomic E-state index is -0.730. The van der Waals surface area contributed by atoms with Crippen molar-refractivity contribution in [2.24, 2.45) is 22.7 Å². The normalized spacial score (nSPS) is 36.0. The number of aliphatic carboxylic acids is 1. The number of hydrogen-bond donors (Lipinski definition) is 3. The number of carbonyl (C=O) groups excluding carboxylic acids is 1. The third kappa shape index (κ3) is 4.61. The number of rotatable bonds is 5. The minimum Gasteiger partial charge on any atom is -0.481 e. The van der Waals surface area contributed by atoms with Gasteiger partial charge in [0.2, 0.25) is 0 Å². The lowest BCUT2D eigenvalue weighted by Crippen LogP contribution is -2.65. The maximum absolute atomic E-state index is 14.8. The van der Waals surface area contributed by atoms with Gasteiger partial charge in [-0.25, -0.2) is 9.18 Å². The fraction of sp³-hybridized carbons (Fsp3) is 0.692. The second-order valence-electron chi connectivity index (χ2n) is 12.2. The summed E-state index contributed by atoms with van der Waals surface area (Å²) in [7, 11) is 0. The van der Waals surface area contributed by atoms with E-state index in [1.807, 2.05) is 6.07 Å². The van der Waals surface area contributed by atoms with Crippen molar-refractivity contribution in [1.82, 2.24) is 10.2 Å². The molecule has 3 N–H and O–H groups in total. The number of urea groups is 1. The summed E-state index contributed by atoms with van der Waals surface area (Å²) in [5, 5.41) is 15.2. The highest BCUT2D eigenvalue weighted by molar-refractivity contribution is 5.90. The molecule has 0 aromatic heterocycles. The van der Waals surface area contributed by atoms with Crippen molar-refractivity contribution >= 4 is 17.7 Å². The largest absolute Gasteiger partial charge is 0.481 e. The zero-order chi connectivity index (χ0) is 23.4. The van der Waals surface area contributed by atoms with Crippen LogP contribution in [0.1, 0.15) is 70.8 Å². The van der Waals surface area contributed by atoms with E-state index in [1.54, 1.807) is 6.07 Å². The van der Waals surface area contributed by atoms with E-state index in [9.17, 15) is 14.0 Å². The Kier molecular flexibility index (Phi) is 5.46. The molecule has 2 unspecified atom stereocenters. The van der Waals surface area contributed by atoms with Gasteiger partial charge >= 0.3 is 12.0 Å². The second-order valence-corrected chi connectivity index (χ2v) is 12.2. The molecule has 5 aliphatic rings. The Balaban J connectivity index is 1.19. The predicted molar refractivity (Wildman–Crippen MR) is 124 cm³/mol. The molecule has 1 aliphatic heterocycles. The monoisotopic (exact) mass is 457 g/mol. The first kappa shape index (κ1) is 22.6. The van der Waals surface area contributed by atoms with Gasteiger partial charge in [-0.2, -0.15) is 0 Å². The molecule has 2 amide bonds. The van der Waals surface area contributed by atoms with Gasteiger partial charge in [-0.3, -0.25) is 9.69 Å². The van der Waals surface area contributed by atoms with E-state index in [2.05, 4.69) is 29.4 Å². The minimum absolute atomic E-state index is 0.175. The molecule has 7 heteroatoms. The summed E-state index contributed by atoms with van der Waals surface area (Å²) >= 11 is 0. The molecule has 1 aromatic rings. The lowest BCUT2D eigenvalue weighted by atomic mass is 9.43. The summed E-state index contributed by atoms with van der Waals surface area (Å²) in [6.45, 7) is 6.71. The molecule has 1 saturated heterocycles. The van der Waals surface area contributed by atoms with Gasteiger partial charge in [-0.1, -0.05) is 19.9 Å². The smallest absolute Gasteiger partial charge is 0.319 e. The highest BCUT2D eigenvalue weighted by atomic mass is 19.1. The van der Waals surface area contributed by atoms with Gasteiger partial charge in [0.05, 0.1) is 11.6 Å². The van der Waals surface area contributed by atoms with Crippen LogP contribution in [0.5, 0.6) is 0 Å². The fourth-order valence-electron chi connectivity index (χ4n) is 8.34. The average Bonchev–Trinajstić information content (AvgIpc) is 2.67. The van der Waals surface area contributed by atoms with E-state index in [-0.39, 0.29) is 23.2 Å². The van der Waals surface area contributed by atoms with Crippen molar-refractivity contribution < 1.29 is 19.1 Å². The molecule has 4 saturated carbocycles. The molecule has 4 aliphatic carbocycles. The van der Waals surface area contributed by atoms with Crippen LogP contribution in [0.2, 0.25) is 0 Å². The Morgan fingerprint density at radius 1 is 1.09 bits per heavy atom. The molecule has 180 valence electrons. The first-order valence-corrected chi connectivity index (χ1v) is 12.4. The Hall–Kier alpha value is -2.15. The van der Waals surface area contributed by atoms with E-state index in [4.69, 9.17) is 5.11 Å². The van der Waals surface area contributed by atoms with Crippen LogP contribution in [0.4, 0.5) is 14.9 Å². The Bertz CT molecular complexity index is 940. The van der Waals surface area contributed by atoms with Gasteiger partial charge in [0.15, 0.2) is 0 Å². The molecular weight excluding hydrogens is 421 g/mol. The van der Waals surface area contributed by atoms with Crippen molar-refractivity contribution in [3.8, 4) is 0 Å². The maximum Gasteiger partial charge on any atom is 0.319 e. The molecule has 33 heavy (non-hydrogen) atoms. The summed E-state index contributed by atoms with van der Waals surface area (Å²) in [6, 6.07) is 4.64. The van der Waals surface area contributed by atoms with E-state index in [0.717, 1.165) is 24.8 Å². The van der Waals surface area contributed by atoms with Gasteiger partial charge in [0.25, 0.3) is 0 Å². The summed E-state index contributed by atoms with van der Waals surface area (Å²) in [5.41, 5.74) is 1.45. The highest BCUT2D eigenvalue weighted by Gasteiger charge is 2.60. The van der Waals surface area contributed by atoms with Crippen LogP contribution >= 0.6 is 0 Å². The number of carboxylic acids is 1. The standard InChI is InChI=1S/C26H36FN3O3/c1-24-10-18-11-25(2,14-24)16-26(12-18,15-24)29-23(33)28-21-4-3-17(9-20(21)27)13-30-7-5-19(6-8-30)22(31)32/h3-4,9,18-19H,5-8,10-16H2,1-2H3,(H,31,32)(H2,28,29,33). The number of carbonyl (C=O) groups is 2. The number of benzene rings is 1. The zero-order valence-electron chi connectivity index (χ0n) is 19.8. The third-order valence-corrected chi connectivity index (χ3v) is 8.63.